The topological polar surface area (TPSA) is 80.9 Å². The number of aryl methyl sites for hydroxylation is 1. The molecule has 1 aliphatic heterocycles. The quantitative estimate of drug-likeness (QED) is 0.676. The highest BCUT2D eigenvalue weighted by Crippen LogP contribution is 2.30. The number of pyridine rings is 1. The van der Waals surface area contributed by atoms with Crippen molar-refractivity contribution < 1.29 is 4.79 Å². The third-order valence-electron chi connectivity index (χ3n) is 6.72. The lowest BCUT2D eigenvalue weighted by Gasteiger charge is -2.28. The summed E-state index contributed by atoms with van der Waals surface area (Å²) in [5, 5.41) is 13.9. The van der Waals surface area contributed by atoms with Crippen molar-refractivity contribution in [2.45, 2.75) is 37.6 Å². The minimum Gasteiger partial charge on any atom is -0.306 e. The van der Waals surface area contributed by atoms with Gasteiger partial charge in [0.25, 0.3) is 5.91 Å². The Morgan fingerprint density at radius 1 is 1.09 bits per heavy atom. The predicted molar refractivity (Wildman–Crippen MR) is 124 cm³/mol. The number of nitrogens with one attached hydrogen (secondary N) is 1. The van der Waals surface area contributed by atoms with Crippen LogP contribution in [0.2, 0.25) is 0 Å². The summed E-state index contributed by atoms with van der Waals surface area (Å²) in [6.45, 7) is 4.31. The standard InChI is InChI=1S/C24H29N7O/c1-24(20-14-26-30(3)16-20)7-4-17-12-25-22(10-18(17)11-24)28-23(32)19-13-27-31(15-19)21-5-8-29(2)9-6-21/h4,10-16,21H,5-9H2,1-3H3,(H,28,32). The normalized spacial score (nSPS) is 21.5. The molecule has 3 aromatic rings. The number of aromatic nitrogens is 5. The summed E-state index contributed by atoms with van der Waals surface area (Å²) >= 11 is 0. The molecule has 0 radical (unpaired) electrons. The summed E-state index contributed by atoms with van der Waals surface area (Å²) < 4.78 is 3.76. The molecule has 3 aromatic heterocycles. The zero-order chi connectivity index (χ0) is 22.3. The molecule has 4 heterocycles. The van der Waals surface area contributed by atoms with Gasteiger partial charge in [0, 0.05) is 36.6 Å². The van der Waals surface area contributed by atoms with Gasteiger partial charge in [0.15, 0.2) is 0 Å². The highest BCUT2D eigenvalue weighted by Gasteiger charge is 2.26. The number of amides is 1. The molecule has 0 bridgehead atoms. The third kappa shape index (κ3) is 3.98. The van der Waals surface area contributed by atoms with E-state index >= 15 is 0 Å². The van der Waals surface area contributed by atoms with Crippen molar-refractivity contribution >= 4 is 23.9 Å². The Morgan fingerprint density at radius 3 is 2.66 bits per heavy atom. The Bertz CT molecular complexity index is 1270. The number of carbonyl (C=O) groups is 1. The average Bonchev–Trinajstić information content (AvgIpc) is 3.44. The Kier molecular flexibility index (Phi) is 5.17. The second-order valence-electron chi connectivity index (χ2n) is 9.27. The van der Waals surface area contributed by atoms with E-state index in [1.54, 1.807) is 6.20 Å². The van der Waals surface area contributed by atoms with E-state index in [1.165, 1.54) is 5.56 Å². The van der Waals surface area contributed by atoms with E-state index in [-0.39, 0.29) is 11.3 Å². The fourth-order valence-electron chi connectivity index (χ4n) is 4.59. The molecule has 1 aliphatic carbocycles. The maximum Gasteiger partial charge on any atom is 0.260 e. The first-order chi connectivity index (χ1) is 15.4. The lowest BCUT2D eigenvalue weighted by atomic mass is 9.78. The highest BCUT2D eigenvalue weighted by molar-refractivity contribution is 6.03. The molecule has 1 saturated heterocycles. The van der Waals surface area contributed by atoms with E-state index in [0.29, 0.717) is 17.4 Å². The molecule has 1 atom stereocenters. The number of hydrogen-bond donors (Lipinski definition) is 1. The summed E-state index contributed by atoms with van der Waals surface area (Å²) in [5.74, 6) is 0.354. The number of rotatable bonds is 4. The van der Waals surface area contributed by atoms with Crippen molar-refractivity contribution in [3.05, 3.63) is 58.6 Å². The number of likely N-dealkylation sites (tertiary alicyclic amines) is 1. The van der Waals surface area contributed by atoms with Crippen LogP contribution in [0.15, 0.2) is 37.1 Å². The molecule has 8 nitrogen and oxygen atoms in total. The van der Waals surface area contributed by atoms with Gasteiger partial charge in [-0.1, -0.05) is 19.1 Å². The van der Waals surface area contributed by atoms with Crippen molar-refractivity contribution in [3.63, 3.8) is 0 Å². The monoisotopic (exact) mass is 431 g/mol. The number of fused-ring (bicyclic) bond motifs is 1. The molecule has 1 N–H and O–H groups in total. The smallest absolute Gasteiger partial charge is 0.260 e. The van der Waals surface area contributed by atoms with E-state index in [4.69, 9.17) is 0 Å². The molecule has 8 heteroatoms. The van der Waals surface area contributed by atoms with E-state index in [9.17, 15) is 4.79 Å². The van der Waals surface area contributed by atoms with Gasteiger partial charge in [0.1, 0.15) is 5.82 Å². The van der Waals surface area contributed by atoms with Crippen molar-refractivity contribution in [1.29, 1.82) is 0 Å². The number of piperidine rings is 1. The second kappa shape index (κ2) is 8.02. The van der Waals surface area contributed by atoms with Crippen LogP contribution in [0.4, 0.5) is 5.82 Å². The molecular weight excluding hydrogens is 402 g/mol. The van der Waals surface area contributed by atoms with Crippen molar-refractivity contribution in [2.24, 2.45) is 7.05 Å². The predicted octanol–water partition coefficient (Wildman–Crippen LogP) is 1.45. The molecule has 1 unspecified atom stereocenters. The first-order valence-corrected chi connectivity index (χ1v) is 11.1. The van der Waals surface area contributed by atoms with Crippen molar-refractivity contribution in [2.75, 3.05) is 25.5 Å². The molecule has 0 aromatic carbocycles. The lowest BCUT2D eigenvalue weighted by Crippen LogP contribution is -2.35. The van der Waals surface area contributed by atoms with Gasteiger partial charge in [-0.2, -0.15) is 10.2 Å². The van der Waals surface area contributed by atoms with Crippen LogP contribution >= 0.6 is 0 Å². The average molecular weight is 432 g/mol. The van der Waals surface area contributed by atoms with Gasteiger partial charge in [-0.3, -0.25) is 14.2 Å². The van der Waals surface area contributed by atoms with Crippen LogP contribution in [0.25, 0.3) is 12.2 Å². The van der Waals surface area contributed by atoms with Crippen LogP contribution in [0.1, 0.15) is 48.1 Å². The zero-order valence-corrected chi connectivity index (χ0v) is 18.8. The van der Waals surface area contributed by atoms with Crippen LogP contribution in [-0.4, -0.2) is 55.5 Å². The van der Waals surface area contributed by atoms with Gasteiger partial charge in [-0.25, -0.2) is 4.98 Å². The number of carbonyl (C=O) groups excluding carboxylic acids is 1. The first-order valence-electron chi connectivity index (χ1n) is 11.1. The Morgan fingerprint density at radius 2 is 1.91 bits per heavy atom. The molecule has 32 heavy (non-hydrogen) atoms. The van der Waals surface area contributed by atoms with E-state index in [1.807, 2.05) is 41.1 Å². The number of hydrogen-bond acceptors (Lipinski definition) is 5. The zero-order valence-electron chi connectivity index (χ0n) is 18.8. The Balaban J connectivity index is 1.35. The highest BCUT2D eigenvalue weighted by atomic mass is 16.1. The number of nitrogens with zero attached hydrogens (tertiary/aromatic N) is 6. The van der Waals surface area contributed by atoms with E-state index in [2.05, 4.69) is 57.7 Å². The van der Waals surface area contributed by atoms with Gasteiger partial charge < -0.3 is 10.2 Å². The lowest BCUT2D eigenvalue weighted by molar-refractivity contribution is 0.102. The van der Waals surface area contributed by atoms with Gasteiger partial charge in [0.2, 0.25) is 0 Å². The summed E-state index contributed by atoms with van der Waals surface area (Å²) in [4.78, 5) is 19.6. The van der Waals surface area contributed by atoms with Crippen LogP contribution in [-0.2, 0) is 12.5 Å². The molecular formula is C24H29N7O. The van der Waals surface area contributed by atoms with Gasteiger partial charge in [0.05, 0.1) is 24.0 Å². The molecule has 1 amide bonds. The minimum absolute atomic E-state index is 0.140. The minimum atomic E-state index is -0.188. The summed E-state index contributed by atoms with van der Waals surface area (Å²) in [5.41, 5.74) is 1.59. The Hall–Kier alpha value is -3.26. The van der Waals surface area contributed by atoms with Gasteiger partial charge >= 0.3 is 0 Å². The first kappa shape index (κ1) is 20.6. The van der Waals surface area contributed by atoms with Crippen molar-refractivity contribution in [1.82, 2.24) is 29.4 Å². The summed E-state index contributed by atoms with van der Waals surface area (Å²) in [6, 6.07) is 2.30. The second-order valence-corrected chi connectivity index (χ2v) is 9.27. The maximum atomic E-state index is 12.8. The maximum absolute atomic E-state index is 12.8. The Labute approximate surface area is 187 Å². The molecule has 0 spiro atoms. The molecule has 1 fully saturated rings. The number of anilines is 1. The summed E-state index contributed by atoms with van der Waals surface area (Å²) in [6.07, 6.45) is 16.7. The molecule has 2 aliphatic rings. The largest absolute Gasteiger partial charge is 0.306 e. The van der Waals surface area contributed by atoms with Crippen LogP contribution in [0, 0.1) is 0 Å². The van der Waals surface area contributed by atoms with Crippen molar-refractivity contribution in [3.8, 4) is 0 Å². The van der Waals surface area contributed by atoms with E-state index < -0.39 is 0 Å². The van der Waals surface area contributed by atoms with Gasteiger partial charge in [-0.15, -0.1) is 0 Å². The van der Waals surface area contributed by atoms with Crippen LogP contribution in [0.3, 0.4) is 0 Å². The van der Waals surface area contributed by atoms with Gasteiger partial charge in [-0.05, 0) is 55.9 Å². The summed E-state index contributed by atoms with van der Waals surface area (Å²) in [7, 11) is 4.07. The fraction of sp³-hybridized carbons (Fsp3) is 0.417. The fourth-order valence-corrected chi connectivity index (χ4v) is 4.59. The van der Waals surface area contributed by atoms with Crippen LogP contribution in [0.5, 0.6) is 0 Å². The molecule has 0 saturated carbocycles. The SMILES string of the molecule is CN1CCC(n2cc(C(=O)Nc3cc4c(cn3)=CCC(C)(c3cnn(C)c3)C=4)cn2)CC1. The van der Waals surface area contributed by atoms with E-state index in [0.717, 1.165) is 42.8 Å². The molecule has 166 valence electrons. The third-order valence-corrected chi connectivity index (χ3v) is 6.72. The van der Waals surface area contributed by atoms with Crippen LogP contribution < -0.4 is 15.8 Å². The molecule has 5 rings (SSSR count).